The Kier molecular flexibility index (Phi) is 5.49. The fourth-order valence-electron chi connectivity index (χ4n) is 5.20. The minimum Gasteiger partial charge on any atom is -0.472 e. The molecule has 1 aromatic carbocycles. The van der Waals surface area contributed by atoms with E-state index in [1.54, 1.807) is 12.4 Å². The van der Waals surface area contributed by atoms with Gasteiger partial charge in [0.2, 0.25) is 5.88 Å². The monoisotopic (exact) mass is 473 g/mol. The number of likely N-dealkylation sites (tertiary alicyclic amines) is 1. The predicted octanol–water partition coefficient (Wildman–Crippen LogP) is 3.23. The lowest BCUT2D eigenvalue weighted by molar-refractivity contribution is 0.0675. The molecular formula is C26H27N5O4. The van der Waals surface area contributed by atoms with E-state index in [1.165, 1.54) is 0 Å². The van der Waals surface area contributed by atoms with Crippen LogP contribution in [0.3, 0.4) is 0 Å². The Labute approximate surface area is 201 Å². The van der Waals surface area contributed by atoms with Gasteiger partial charge in [-0.05, 0) is 43.5 Å². The number of fused-ring (bicyclic) bond motifs is 3. The number of aromatic nitrogens is 4. The quantitative estimate of drug-likeness (QED) is 0.488. The summed E-state index contributed by atoms with van der Waals surface area (Å²) in [7, 11) is 0. The van der Waals surface area contributed by atoms with Crippen molar-refractivity contribution in [1.29, 1.82) is 0 Å². The Morgan fingerprint density at radius 1 is 1.17 bits per heavy atom. The molecule has 1 unspecified atom stereocenters. The molecule has 9 nitrogen and oxygen atoms in total. The van der Waals surface area contributed by atoms with E-state index in [1.807, 2.05) is 46.8 Å². The van der Waals surface area contributed by atoms with Crippen LogP contribution in [0.4, 0.5) is 0 Å². The van der Waals surface area contributed by atoms with E-state index in [0.29, 0.717) is 48.6 Å². The second kappa shape index (κ2) is 8.81. The fourth-order valence-corrected chi connectivity index (χ4v) is 5.20. The van der Waals surface area contributed by atoms with E-state index in [9.17, 15) is 9.59 Å². The van der Waals surface area contributed by atoms with Crippen molar-refractivity contribution in [3.05, 3.63) is 64.2 Å². The van der Waals surface area contributed by atoms with Gasteiger partial charge in [0.15, 0.2) is 0 Å². The lowest BCUT2D eigenvalue weighted by atomic mass is 10.0. The normalized spacial score (nSPS) is 19.0. The largest absolute Gasteiger partial charge is 0.472 e. The number of aryl methyl sites for hydroxylation is 1. The van der Waals surface area contributed by atoms with E-state index >= 15 is 0 Å². The first-order valence-corrected chi connectivity index (χ1v) is 12.1. The van der Waals surface area contributed by atoms with Crippen molar-refractivity contribution in [2.24, 2.45) is 0 Å². The molecule has 35 heavy (non-hydrogen) atoms. The molecule has 1 N–H and O–H groups in total. The van der Waals surface area contributed by atoms with Gasteiger partial charge in [-0.3, -0.25) is 14.3 Å². The third-order valence-electron chi connectivity index (χ3n) is 7.03. The van der Waals surface area contributed by atoms with Gasteiger partial charge in [0.1, 0.15) is 6.10 Å². The summed E-state index contributed by atoms with van der Waals surface area (Å²) in [4.78, 5) is 35.4. The molecule has 0 aliphatic carbocycles. The highest BCUT2D eigenvalue weighted by atomic mass is 16.5. The van der Waals surface area contributed by atoms with Crippen LogP contribution in [0.2, 0.25) is 0 Å². The summed E-state index contributed by atoms with van der Waals surface area (Å²) >= 11 is 0. The smallest absolute Gasteiger partial charge is 0.259 e. The molecule has 0 saturated carbocycles. The molecule has 2 aliphatic rings. The number of ether oxygens (including phenoxy) is 2. The van der Waals surface area contributed by atoms with Crippen molar-refractivity contribution in [3.8, 4) is 5.88 Å². The maximum Gasteiger partial charge on any atom is 0.259 e. The Bertz CT molecular complexity index is 1460. The third-order valence-corrected chi connectivity index (χ3v) is 7.03. The number of nitrogens with one attached hydrogen (secondary N) is 1. The standard InChI is InChI=1S/C26H27N5O4/c1-16-12-22-20(24-21(25(32)29-22)14-28-31(24)17-6-10-34-11-7-17)13-19(16)26(33)30-9-5-18(15-30)35-23-4-2-3-8-27-23/h2-4,8,12-14,17-18H,5-7,9-11,15H2,1H3,(H,29,32). The third kappa shape index (κ3) is 3.95. The Balaban J connectivity index is 1.35. The van der Waals surface area contributed by atoms with Gasteiger partial charge in [0.05, 0.1) is 35.2 Å². The summed E-state index contributed by atoms with van der Waals surface area (Å²) in [6.07, 6.45) is 5.67. The fraction of sp³-hybridized carbons (Fsp3) is 0.385. The average molecular weight is 474 g/mol. The number of aromatic amines is 1. The SMILES string of the molecule is Cc1cc2[nH]c(=O)c3cnn(C4CCOCC4)c3c2cc1C(=O)N1CCC(Oc2ccccn2)C1. The number of pyridine rings is 2. The molecule has 9 heteroatoms. The zero-order valence-corrected chi connectivity index (χ0v) is 19.6. The van der Waals surface area contributed by atoms with E-state index in [0.717, 1.165) is 35.7 Å². The Morgan fingerprint density at radius 3 is 2.83 bits per heavy atom. The van der Waals surface area contributed by atoms with Gasteiger partial charge in [-0.1, -0.05) is 6.07 Å². The number of carbonyl (C=O) groups excluding carboxylic acids is 1. The summed E-state index contributed by atoms with van der Waals surface area (Å²) < 4.78 is 13.4. The first-order chi connectivity index (χ1) is 17.1. The number of hydrogen-bond acceptors (Lipinski definition) is 6. The van der Waals surface area contributed by atoms with Crippen LogP contribution in [0.25, 0.3) is 21.8 Å². The number of nitrogens with zero attached hydrogens (tertiary/aromatic N) is 4. The minimum atomic E-state index is -0.168. The molecule has 2 fully saturated rings. The second-order valence-corrected chi connectivity index (χ2v) is 9.31. The van der Waals surface area contributed by atoms with Gasteiger partial charge in [-0.15, -0.1) is 0 Å². The van der Waals surface area contributed by atoms with Gasteiger partial charge in [0, 0.05) is 49.4 Å². The van der Waals surface area contributed by atoms with Crippen LogP contribution in [-0.4, -0.2) is 63.0 Å². The molecule has 0 bridgehead atoms. The van der Waals surface area contributed by atoms with Crippen molar-refractivity contribution in [2.45, 2.75) is 38.3 Å². The Hall–Kier alpha value is -3.72. The topological polar surface area (TPSA) is 102 Å². The lowest BCUT2D eigenvalue weighted by Crippen LogP contribution is -2.31. The molecule has 6 rings (SSSR count). The van der Waals surface area contributed by atoms with Gasteiger partial charge in [0.25, 0.3) is 11.5 Å². The number of carbonyl (C=O) groups is 1. The van der Waals surface area contributed by atoms with E-state index in [2.05, 4.69) is 15.1 Å². The summed E-state index contributed by atoms with van der Waals surface area (Å²) in [5.74, 6) is 0.536. The lowest BCUT2D eigenvalue weighted by Gasteiger charge is -2.23. The van der Waals surface area contributed by atoms with Crippen molar-refractivity contribution >= 4 is 27.7 Å². The maximum absolute atomic E-state index is 13.6. The average Bonchev–Trinajstić information content (AvgIpc) is 3.53. The molecule has 1 atom stereocenters. The van der Waals surface area contributed by atoms with Crippen LogP contribution in [0, 0.1) is 6.92 Å². The summed E-state index contributed by atoms with van der Waals surface area (Å²) in [5, 5.41) is 5.95. The van der Waals surface area contributed by atoms with Crippen LogP contribution in [-0.2, 0) is 4.74 Å². The summed E-state index contributed by atoms with van der Waals surface area (Å²) in [5.41, 5.74) is 2.77. The number of H-pyrrole nitrogens is 1. The zero-order valence-electron chi connectivity index (χ0n) is 19.6. The van der Waals surface area contributed by atoms with Crippen molar-refractivity contribution in [2.75, 3.05) is 26.3 Å². The van der Waals surface area contributed by atoms with E-state index in [-0.39, 0.29) is 23.6 Å². The van der Waals surface area contributed by atoms with Crippen molar-refractivity contribution < 1.29 is 14.3 Å². The molecule has 2 saturated heterocycles. The van der Waals surface area contributed by atoms with E-state index in [4.69, 9.17) is 9.47 Å². The number of amides is 1. The molecule has 1 amide bonds. The zero-order chi connectivity index (χ0) is 23.9. The molecule has 4 aromatic rings. The maximum atomic E-state index is 13.6. The highest BCUT2D eigenvalue weighted by molar-refractivity contribution is 6.07. The molecule has 0 spiro atoms. The van der Waals surface area contributed by atoms with Crippen LogP contribution < -0.4 is 10.3 Å². The minimum absolute atomic E-state index is 0.0343. The Morgan fingerprint density at radius 2 is 2.03 bits per heavy atom. The highest BCUT2D eigenvalue weighted by Gasteiger charge is 2.30. The summed E-state index contributed by atoms with van der Waals surface area (Å²) in [6, 6.07) is 9.52. The molecule has 3 aromatic heterocycles. The summed E-state index contributed by atoms with van der Waals surface area (Å²) in [6.45, 7) is 4.38. The first-order valence-electron chi connectivity index (χ1n) is 12.1. The second-order valence-electron chi connectivity index (χ2n) is 9.31. The molecule has 5 heterocycles. The van der Waals surface area contributed by atoms with Crippen LogP contribution in [0.5, 0.6) is 5.88 Å². The van der Waals surface area contributed by atoms with Gasteiger partial charge >= 0.3 is 0 Å². The van der Waals surface area contributed by atoms with Gasteiger partial charge in [-0.2, -0.15) is 5.10 Å². The highest BCUT2D eigenvalue weighted by Crippen LogP contribution is 2.30. The van der Waals surface area contributed by atoms with Crippen molar-refractivity contribution in [1.82, 2.24) is 24.6 Å². The molecule has 0 radical (unpaired) electrons. The molecule has 180 valence electrons. The predicted molar refractivity (Wildman–Crippen MR) is 131 cm³/mol. The number of rotatable bonds is 4. The van der Waals surface area contributed by atoms with Gasteiger partial charge < -0.3 is 19.4 Å². The number of hydrogen-bond donors (Lipinski definition) is 1. The van der Waals surface area contributed by atoms with E-state index < -0.39 is 0 Å². The van der Waals surface area contributed by atoms with Crippen LogP contribution in [0.1, 0.15) is 41.2 Å². The molecule has 2 aliphatic heterocycles. The number of benzene rings is 1. The first kappa shape index (κ1) is 21.8. The van der Waals surface area contributed by atoms with Gasteiger partial charge in [-0.25, -0.2) is 4.98 Å². The molecular weight excluding hydrogens is 446 g/mol. The van der Waals surface area contributed by atoms with Crippen LogP contribution in [0.15, 0.2) is 47.5 Å². The van der Waals surface area contributed by atoms with Crippen LogP contribution >= 0.6 is 0 Å². The van der Waals surface area contributed by atoms with Crippen molar-refractivity contribution in [3.63, 3.8) is 0 Å².